The lowest BCUT2D eigenvalue weighted by molar-refractivity contribution is 0.289. The summed E-state index contributed by atoms with van der Waals surface area (Å²) >= 11 is 0. The van der Waals surface area contributed by atoms with Gasteiger partial charge >= 0.3 is 0 Å². The van der Waals surface area contributed by atoms with Crippen molar-refractivity contribution in [2.75, 3.05) is 11.5 Å². The van der Waals surface area contributed by atoms with Gasteiger partial charge < -0.3 is 16.2 Å². The molecular weight excluding hydrogens is 340 g/mol. The van der Waals surface area contributed by atoms with Gasteiger partial charge in [0.05, 0.1) is 5.69 Å². The number of rotatable bonds is 4. The molecule has 0 saturated heterocycles. The van der Waals surface area contributed by atoms with E-state index in [1.54, 1.807) is 24.3 Å². The number of hydrogen-bond donors (Lipinski definition) is 2. The summed E-state index contributed by atoms with van der Waals surface area (Å²) < 4.78 is 32.0. The molecule has 0 amide bonds. The highest BCUT2D eigenvalue weighted by atomic mass is 19.1. The van der Waals surface area contributed by atoms with Crippen molar-refractivity contribution >= 4 is 11.8 Å². The van der Waals surface area contributed by atoms with E-state index in [0.29, 0.717) is 16.8 Å². The third kappa shape index (κ3) is 3.52. The normalized spacial score (nSPS) is 10.3. The van der Waals surface area contributed by atoms with Gasteiger partial charge in [-0.25, -0.2) is 13.8 Å². The van der Waals surface area contributed by atoms with E-state index in [0.717, 1.165) is 12.1 Å². The Labute approximate surface area is 147 Å². The molecule has 0 radical (unpaired) electrons. The Bertz CT molecular complexity index is 1020. The third-order valence-electron chi connectivity index (χ3n) is 3.55. The third-order valence-corrected chi connectivity index (χ3v) is 3.55. The highest BCUT2D eigenvalue weighted by Gasteiger charge is 2.14. The van der Waals surface area contributed by atoms with Crippen LogP contribution in [0.5, 0.6) is 5.75 Å². The lowest BCUT2D eigenvalue weighted by Gasteiger charge is -2.10. The van der Waals surface area contributed by atoms with Crippen molar-refractivity contribution in [2.24, 2.45) is 0 Å². The molecule has 3 aromatic rings. The molecular formula is C18H13F2N5O. The molecule has 4 N–H and O–H groups in total. The molecule has 1 heterocycles. The molecule has 26 heavy (non-hydrogen) atoms. The van der Waals surface area contributed by atoms with Crippen molar-refractivity contribution in [3.8, 4) is 23.1 Å². The Hall–Kier alpha value is -3.73. The minimum absolute atomic E-state index is 0.00923. The van der Waals surface area contributed by atoms with Gasteiger partial charge in [0.15, 0.2) is 11.6 Å². The van der Waals surface area contributed by atoms with Crippen LogP contribution in [0.25, 0.3) is 11.3 Å². The Morgan fingerprint density at radius 2 is 1.88 bits per heavy atom. The van der Waals surface area contributed by atoms with E-state index in [2.05, 4.69) is 9.97 Å². The van der Waals surface area contributed by atoms with E-state index in [1.165, 1.54) is 6.07 Å². The van der Waals surface area contributed by atoms with Gasteiger partial charge in [0, 0.05) is 11.6 Å². The van der Waals surface area contributed by atoms with E-state index in [9.17, 15) is 14.0 Å². The molecule has 0 bridgehead atoms. The van der Waals surface area contributed by atoms with Crippen LogP contribution in [0, 0.1) is 23.0 Å². The van der Waals surface area contributed by atoms with Gasteiger partial charge in [0.1, 0.15) is 29.9 Å². The summed E-state index contributed by atoms with van der Waals surface area (Å²) in [5.74, 6) is -1.59. The second kappa shape index (κ2) is 7.03. The predicted octanol–water partition coefficient (Wildman–Crippen LogP) is 3.04. The second-order valence-corrected chi connectivity index (χ2v) is 5.37. The van der Waals surface area contributed by atoms with Gasteiger partial charge in [-0.3, -0.25) is 0 Å². The first kappa shape index (κ1) is 17.1. The van der Waals surface area contributed by atoms with Gasteiger partial charge in [0.25, 0.3) is 0 Å². The van der Waals surface area contributed by atoms with Gasteiger partial charge in [-0.2, -0.15) is 10.2 Å². The molecule has 0 atom stereocenters. The summed E-state index contributed by atoms with van der Waals surface area (Å²) in [6.07, 6.45) is 0. The number of nitriles is 1. The Balaban J connectivity index is 1.89. The van der Waals surface area contributed by atoms with Gasteiger partial charge in [-0.1, -0.05) is 18.2 Å². The first-order valence-corrected chi connectivity index (χ1v) is 7.48. The number of anilines is 2. The van der Waals surface area contributed by atoms with Gasteiger partial charge in [-0.05, 0) is 23.8 Å². The monoisotopic (exact) mass is 353 g/mol. The highest BCUT2D eigenvalue weighted by Crippen LogP contribution is 2.26. The summed E-state index contributed by atoms with van der Waals surface area (Å²) in [6, 6.07) is 12.0. The smallest absolute Gasteiger partial charge is 0.222 e. The average molecular weight is 353 g/mol. The largest absolute Gasteiger partial charge is 0.486 e. The fourth-order valence-electron chi connectivity index (χ4n) is 2.38. The van der Waals surface area contributed by atoms with E-state index in [1.807, 2.05) is 6.07 Å². The number of halogens is 2. The number of nitrogens with two attached hydrogens (primary N) is 2. The van der Waals surface area contributed by atoms with E-state index < -0.39 is 11.6 Å². The number of benzene rings is 2. The molecule has 3 rings (SSSR count). The summed E-state index contributed by atoms with van der Waals surface area (Å²) in [7, 11) is 0. The van der Waals surface area contributed by atoms with E-state index in [4.69, 9.17) is 16.2 Å². The Morgan fingerprint density at radius 1 is 1.08 bits per heavy atom. The maximum atomic E-state index is 13.6. The van der Waals surface area contributed by atoms with Gasteiger partial charge in [-0.15, -0.1) is 0 Å². The standard InChI is InChI=1S/C18H13F2N5O/c19-12-4-5-15(14(20)7-12)26-9-10-2-1-3-11(6-10)16-13(8-21)17(22)25-18(23)24-16/h1-7H,9H2,(H4,22,23,24,25). The van der Waals surface area contributed by atoms with Crippen LogP contribution in [0.3, 0.4) is 0 Å². The minimum Gasteiger partial charge on any atom is -0.486 e. The van der Waals surface area contributed by atoms with Crippen LogP contribution >= 0.6 is 0 Å². The SMILES string of the molecule is N#Cc1c(N)nc(N)nc1-c1cccc(COc2ccc(F)cc2F)c1. The van der Waals surface area contributed by atoms with Crippen LogP contribution < -0.4 is 16.2 Å². The summed E-state index contributed by atoms with van der Waals surface area (Å²) in [4.78, 5) is 7.85. The molecule has 0 saturated carbocycles. The Kier molecular flexibility index (Phi) is 4.62. The fourth-order valence-corrected chi connectivity index (χ4v) is 2.38. The number of aromatic nitrogens is 2. The molecule has 0 aliphatic carbocycles. The molecule has 130 valence electrons. The summed E-state index contributed by atoms with van der Waals surface area (Å²) in [6.45, 7) is 0.0360. The average Bonchev–Trinajstić information content (AvgIpc) is 2.60. The fraction of sp³-hybridized carbons (Fsp3) is 0.0556. The van der Waals surface area contributed by atoms with Crippen molar-refractivity contribution in [3.63, 3.8) is 0 Å². The molecule has 2 aromatic carbocycles. The molecule has 6 nitrogen and oxygen atoms in total. The number of nitrogens with zero attached hydrogens (tertiary/aromatic N) is 3. The maximum absolute atomic E-state index is 13.6. The van der Waals surface area contributed by atoms with Crippen LogP contribution in [0.15, 0.2) is 42.5 Å². The van der Waals surface area contributed by atoms with Crippen molar-refractivity contribution in [1.82, 2.24) is 9.97 Å². The van der Waals surface area contributed by atoms with Gasteiger partial charge in [0.2, 0.25) is 5.95 Å². The van der Waals surface area contributed by atoms with Crippen LogP contribution in [-0.2, 0) is 6.61 Å². The topological polar surface area (TPSA) is 111 Å². The maximum Gasteiger partial charge on any atom is 0.222 e. The minimum atomic E-state index is -0.788. The van der Waals surface area contributed by atoms with Crippen molar-refractivity contribution in [3.05, 3.63) is 65.2 Å². The highest BCUT2D eigenvalue weighted by molar-refractivity contribution is 5.73. The van der Waals surface area contributed by atoms with E-state index >= 15 is 0 Å². The molecule has 0 fully saturated rings. The predicted molar refractivity (Wildman–Crippen MR) is 91.7 cm³/mol. The molecule has 0 unspecified atom stereocenters. The van der Waals surface area contributed by atoms with Crippen LogP contribution in [0.4, 0.5) is 20.5 Å². The molecule has 0 aliphatic heterocycles. The quantitative estimate of drug-likeness (QED) is 0.746. The zero-order valence-electron chi connectivity index (χ0n) is 13.4. The first-order chi connectivity index (χ1) is 12.5. The van der Waals surface area contributed by atoms with Crippen LogP contribution in [0.1, 0.15) is 11.1 Å². The Morgan fingerprint density at radius 3 is 2.62 bits per heavy atom. The zero-order chi connectivity index (χ0) is 18.7. The van der Waals surface area contributed by atoms with Crippen molar-refractivity contribution < 1.29 is 13.5 Å². The zero-order valence-corrected chi connectivity index (χ0v) is 13.4. The lowest BCUT2D eigenvalue weighted by Crippen LogP contribution is -2.05. The number of nitrogen functional groups attached to an aromatic ring is 2. The number of hydrogen-bond acceptors (Lipinski definition) is 6. The molecule has 8 heteroatoms. The van der Waals surface area contributed by atoms with Crippen LogP contribution in [0.2, 0.25) is 0 Å². The van der Waals surface area contributed by atoms with E-state index in [-0.39, 0.29) is 29.7 Å². The molecule has 0 spiro atoms. The molecule has 0 aliphatic rings. The van der Waals surface area contributed by atoms with Crippen LogP contribution in [-0.4, -0.2) is 9.97 Å². The summed E-state index contributed by atoms with van der Waals surface area (Å²) in [5.41, 5.74) is 13.0. The second-order valence-electron chi connectivity index (χ2n) is 5.37. The van der Waals surface area contributed by atoms with Crippen molar-refractivity contribution in [1.29, 1.82) is 5.26 Å². The molecule has 1 aromatic heterocycles. The summed E-state index contributed by atoms with van der Waals surface area (Å²) in [5, 5.41) is 9.28. The lowest BCUT2D eigenvalue weighted by atomic mass is 10.0. The number of ether oxygens (including phenoxy) is 1. The van der Waals surface area contributed by atoms with Crippen molar-refractivity contribution in [2.45, 2.75) is 6.61 Å². The first-order valence-electron chi connectivity index (χ1n) is 7.48.